The molecule has 2 aromatic heterocycles. The second kappa shape index (κ2) is 14.1. The maximum absolute atomic E-state index is 11.0. The van der Waals surface area contributed by atoms with E-state index in [4.69, 9.17) is 11.3 Å². The lowest BCUT2D eigenvalue weighted by molar-refractivity contribution is 0.590. The number of para-hydroxylation sites is 4. The molecule has 0 aliphatic carbocycles. The summed E-state index contributed by atoms with van der Waals surface area (Å²) in [6.45, 7) is 8.86. The first kappa shape index (κ1) is 20.3. The minimum atomic E-state index is -2.04. The van der Waals surface area contributed by atoms with Crippen LogP contribution in [0.3, 0.4) is 0 Å². The van der Waals surface area contributed by atoms with Gasteiger partial charge in [0.05, 0.1) is 69.2 Å². The van der Waals surface area contributed by atoms with Crippen molar-refractivity contribution in [3.05, 3.63) is 198 Å². The Kier molecular flexibility index (Phi) is 4.14. The number of anilines is 9. The van der Waals surface area contributed by atoms with Gasteiger partial charge in [-0.2, -0.15) is 0 Å². The molecular formula is C63H51BN4O. The zero-order chi connectivity index (χ0) is 72.8. The Morgan fingerprint density at radius 3 is 1.81 bits per heavy atom. The Balaban J connectivity index is 1.26. The van der Waals surface area contributed by atoms with E-state index < -0.39 is 300 Å². The SMILES string of the molecule is [2H]c1c([2H])c2c3c(c1[2H])-n1c4c([2H])c([2H])c([2H])c([2H])c4c4c([2H])c([2H])c([2H])c(c41)N3c1c([2H])c(C)c([2H])c3c1B2c1c([2H])c([2H])c(N(c2c([2H])c([2H])c(C(C)(C)C)c([2H])c2[2H])c2c([2H])c([2H])c(C(C)(C)C)c([2H])c2[2H])c([2H])c1N3c1c([2H])c([2H])c2oc3c([2H])c([2H])c([2H])c([2H])c3c2c1[2H]. The van der Waals surface area contributed by atoms with E-state index >= 15 is 0 Å². The van der Waals surface area contributed by atoms with E-state index in [0.717, 1.165) is 14.4 Å². The fourth-order valence-electron chi connectivity index (χ4n) is 9.52. The van der Waals surface area contributed by atoms with E-state index in [-0.39, 0.29) is 33.0 Å². The highest BCUT2D eigenvalue weighted by Gasteiger charge is 2.46. The quantitative estimate of drug-likeness (QED) is 0.164. The third-order valence-corrected chi connectivity index (χ3v) is 12.7. The van der Waals surface area contributed by atoms with Gasteiger partial charge in [0.2, 0.25) is 0 Å². The minimum absolute atomic E-state index is 0.149. The summed E-state index contributed by atoms with van der Waals surface area (Å²) in [5.41, 5.74) is -13.2. The number of aromatic nitrogens is 1. The van der Waals surface area contributed by atoms with E-state index in [0.29, 0.717) is 4.90 Å². The maximum atomic E-state index is 11.0. The third-order valence-electron chi connectivity index (χ3n) is 12.7. The molecule has 6 heteroatoms. The lowest BCUT2D eigenvalue weighted by atomic mass is 9.33. The Morgan fingerprint density at radius 1 is 0.478 bits per heavy atom. The lowest BCUT2D eigenvalue weighted by Gasteiger charge is -2.46. The fraction of sp³-hybridized carbons (Fsp3) is 0.143. The van der Waals surface area contributed by atoms with Gasteiger partial charge in [0.15, 0.2) is 0 Å². The van der Waals surface area contributed by atoms with Crippen LogP contribution in [-0.4, -0.2) is 11.3 Å². The first-order valence-electron chi connectivity index (χ1n) is 37.0. The van der Waals surface area contributed by atoms with Crippen LogP contribution in [0, 0.1) is 6.92 Å². The summed E-state index contributed by atoms with van der Waals surface area (Å²) in [6.07, 6.45) is 0. The van der Waals surface area contributed by atoms with Gasteiger partial charge in [-0.3, -0.25) is 0 Å². The molecule has 0 unspecified atom stereocenters. The van der Waals surface area contributed by atoms with Gasteiger partial charge < -0.3 is 23.7 Å². The van der Waals surface area contributed by atoms with Gasteiger partial charge in [-0.1, -0.05) is 132 Å². The van der Waals surface area contributed by atoms with Crippen LogP contribution in [0.15, 0.2) is 186 Å². The molecule has 0 amide bonds. The number of hydrogen-bond donors (Lipinski definition) is 0. The van der Waals surface area contributed by atoms with Gasteiger partial charge in [0.25, 0.3) is 6.71 Å². The normalized spacial score (nSPS) is 19.7. The second-order valence-electron chi connectivity index (χ2n) is 19.1. The van der Waals surface area contributed by atoms with Crippen molar-refractivity contribution in [3.8, 4) is 5.69 Å². The van der Waals surface area contributed by atoms with Crippen molar-refractivity contribution in [2.75, 3.05) is 14.7 Å². The molecule has 14 rings (SSSR count). The van der Waals surface area contributed by atoms with Crippen LogP contribution in [-0.2, 0) is 10.8 Å². The van der Waals surface area contributed by atoms with Crippen LogP contribution in [0.5, 0.6) is 0 Å². The summed E-state index contributed by atoms with van der Waals surface area (Å²) >= 11 is 0. The molecular weight excluding hydrogens is 840 g/mol. The molecule has 5 nitrogen and oxygen atoms in total. The summed E-state index contributed by atoms with van der Waals surface area (Å²) in [5.74, 6) is 0. The minimum Gasteiger partial charge on any atom is -0.456 e. The van der Waals surface area contributed by atoms with E-state index in [1.165, 1.54) is 6.92 Å². The topological polar surface area (TPSA) is 27.8 Å². The van der Waals surface area contributed by atoms with Crippen molar-refractivity contribution in [2.45, 2.75) is 59.3 Å². The van der Waals surface area contributed by atoms with Crippen LogP contribution in [0.1, 0.15) is 99.4 Å². The average Bonchev–Trinajstić information content (AvgIpc) is 1.65. The third kappa shape index (κ3) is 5.72. The van der Waals surface area contributed by atoms with E-state index in [1.807, 2.05) is 0 Å². The highest BCUT2D eigenvalue weighted by Crippen LogP contribution is 2.53. The number of hydrogen-bond acceptors (Lipinski definition) is 4. The molecule has 332 valence electrons. The number of benzene rings is 9. The number of fused-ring (bicyclic) bond motifs is 12. The van der Waals surface area contributed by atoms with Crippen LogP contribution in [0.2, 0.25) is 0 Å². The number of furan rings is 1. The molecule has 3 aliphatic heterocycles. The van der Waals surface area contributed by atoms with Gasteiger partial charge in [-0.15, -0.1) is 0 Å². The van der Waals surface area contributed by atoms with Crippen molar-refractivity contribution in [1.29, 1.82) is 0 Å². The van der Waals surface area contributed by atoms with Gasteiger partial charge in [0.1, 0.15) is 11.2 Å². The lowest BCUT2D eigenvalue weighted by Crippen LogP contribution is -2.61. The zero-order valence-electron chi connectivity index (χ0n) is 67.8. The van der Waals surface area contributed by atoms with Gasteiger partial charge in [-0.25, -0.2) is 0 Å². The molecule has 69 heavy (non-hydrogen) atoms. The van der Waals surface area contributed by atoms with Crippen molar-refractivity contribution >= 4 is 118 Å². The van der Waals surface area contributed by atoms with E-state index in [2.05, 4.69) is 0 Å². The fourth-order valence-corrected chi connectivity index (χ4v) is 9.52. The Hall–Kier alpha value is -7.96. The zero-order valence-corrected chi connectivity index (χ0v) is 37.8. The number of nitrogens with zero attached hydrogens (tertiary/aromatic N) is 4. The second-order valence-corrected chi connectivity index (χ2v) is 19.1. The highest BCUT2D eigenvalue weighted by atomic mass is 16.3. The molecule has 9 aromatic carbocycles. The van der Waals surface area contributed by atoms with Gasteiger partial charge >= 0.3 is 0 Å². The predicted molar refractivity (Wildman–Crippen MR) is 292 cm³/mol. The van der Waals surface area contributed by atoms with Crippen molar-refractivity contribution < 1.29 is 45.5 Å². The highest BCUT2D eigenvalue weighted by molar-refractivity contribution is 7.00. The summed E-state index contributed by atoms with van der Waals surface area (Å²) < 4.78 is 298. The molecule has 0 fully saturated rings. The Labute approximate surface area is 445 Å². The number of rotatable bonds is 4. The molecule has 3 aliphatic rings. The predicted octanol–water partition coefficient (Wildman–Crippen LogP) is 15.5. The van der Waals surface area contributed by atoms with Crippen LogP contribution in [0.25, 0.3) is 49.4 Å². The Morgan fingerprint density at radius 2 is 1.09 bits per heavy atom. The first-order valence-corrected chi connectivity index (χ1v) is 22.0. The van der Waals surface area contributed by atoms with Crippen molar-refractivity contribution in [1.82, 2.24) is 4.57 Å². The largest absolute Gasteiger partial charge is 0.456 e. The summed E-state index contributed by atoms with van der Waals surface area (Å²) in [6, 6.07) is -25.2. The molecule has 0 atom stereocenters. The smallest absolute Gasteiger partial charge is 0.252 e. The molecule has 0 saturated carbocycles. The molecule has 0 spiro atoms. The van der Waals surface area contributed by atoms with Gasteiger partial charge in [-0.05, 0) is 141 Å². The monoisotopic (exact) mass is 921 g/mol. The van der Waals surface area contributed by atoms with Crippen molar-refractivity contribution in [2.24, 2.45) is 0 Å². The molecule has 5 heterocycles. The van der Waals surface area contributed by atoms with E-state index in [9.17, 15) is 34.3 Å². The van der Waals surface area contributed by atoms with Crippen LogP contribution in [0.4, 0.5) is 51.2 Å². The molecule has 0 saturated heterocycles. The summed E-state index contributed by atoms with van der Waals surface area (Å²) in [4.78, 5) is 2.60. The van der Waals surface area contributed by atoms with Crippen LogP contribution >= 0.6 is 0 Å². The summed E-state index contributed by atoms with van der Waals surface area (Å²) in [5, 5.41) is -1.76. The maximum Gasteiger partial charge on any atom is 0.252 e. The summed E-state index contributed by atoms with van der Waals surface area (Å²) in [7, 11) is 0. The average molecular weight is 921 g/mol. The standard InChI is InChI=1S/C63H51BN4O/c1-38-34-55-59-56(35-38)68-52-19-12-16-47-45-14-8-10-18-51(45)67(60(47)52)53-20-13-17-50(61(53)68)64(59)49-32-30-44(37-54(49)66(55)43-31-33-58-48(36-43)46-15-9-11-21-57(46)69-58)65(41-26-22-39(23-27-41)62(2,3)4)42-28-24-40(25-29-42)63(5,6)7/h8-37H,1-7H3/i8D,9D,10D,11D,12D,13D,14D,15D,16D,17D,18D,19D,20D,21D,22D,23D,24D,25D,26D,27D,28D,29D,30D,31D,32D,33D,34D,35D,36D,37D. The molecule has 11 aromatic rings. The first-order chi connectivity index (χ1) is 46.0. The van der Waals surface area contributed by atoms with E-state index in [1.54, 1.807) is 41.5 Å². The van der Waals surface area contributed by atoms with Gasteiger partial charge in [0, 0.05) is 61.4 Å². The Bertz CT molecular complexity index is 5630. The molecule has 0 N–H and O–H groups in total. The molecule has 0 radical (unpaired) electrons. The molecule has 0 bridgehead atoms. The van der Waals surface area contributed by atoms with Crippen LogP contribution < -0.4 is 31.1 Å². The van der Waals surface area contributed by atoms with Crippen molar-refractivity contribution in [3.63, 3.8) is 0 Å².